The highest BCUT2D eigenvalue weighted by atomic mass is 16.5. The van der Waals surface area contributed by atoms with Crippen LogP contribution < -0.4 is 10.1 Å². The van der Waals surface area contributed by atoms with Gasteiger partial charge >= 0.3 is 0 Å². The summed E-state index contributed by atoms with van der Waals surface area (Å²) in [5.74, 6) is 0.883. The van der Waals surface area contributed by atoms with E-state index < -0.39 is 11.7 Å². The van der Waals surface area contributed by atoms with Crippen molar-refractivity contribution in [2.75, 3.05) is 19.8 Å². The summed E-state index contributed by atoms with van der Waals surface area (Å²) < 4.78 is 5.57. The van der Waals surface area contributed by atoms with Gasteiger partial charge in [0.1, 0.15) is 24.1 Å². The van der Waals surface area contributed by atoms with Gasteiger partial charge in [-0.2, -0.15) is 0 Å². The standard InChI is InChI=1S/C22H35NO5/c1-15(2)19-9-8-16(3)12-22(19,27)21(26)23-11-10-17-6-4-5-7-20(17)28-14-18(25)13-24/h4-7,15-16,18-19,24-25,27H,8-14H2,1-3H3,(H,23,26)/t16?,18-,19?,22?/m0/s1. The number of amides is 1. The first-order valence-electron chi connectivity index (χ1n) is 10.3. The number of hydrogen-bond acceptors (Lipinski definition) is 5. The van der Waals surface area contributed by atoms with Crippen molar-refractivity contribution >= 4 is 5.91 Å². The van der Waals surface area contributed by atoms with Gasteiger partial charge in [-0.15, -0.1) is 0 Å². The van der Waals surface area contributed by atoms with Crippen LogP contribution in [-0.4, -0.2) is 52.7 Å². The minimum Gasteiger partial charge on any atom is -0.491 e. The zero-order chi connectivity index (χ0) is 20.7. The van der Waals surface area contributed by atoms with Crippen LogP contribution in [0.5, 0.6) is 5.75 Å². The number of nitrogens with one attached hydrogen (secondary N) is 1. The van der Waals surface area contributed by atoms with Crippen LogP contribution in [-0.2, 0) is 11.2 Å². The van der Waals surface area contributed by atoms with Crippen molar-refractivity contribution in [1.82, 2.24) is 5.32 Å². The van der Waals surface area contributed by atoms with E-state index in [0.717, 1.165) is 18.4 Å². The van der Waals surface area contributed by atoms with E-state index in [0.29, 0.717) is 31.1 Å². The second-order valence-electron chi connectivity index (χ2n) is 8.42. The highest BCUT2D eigenvalue weighted by molar-refractivity contribution is 5.85. The lowest BCUT2D eigenvalue weighted by Gasteiger charge is -2.43. The lowest BCUT2D eigenvalue weighted by atomic mass is 9.66. The number of carbonyl (C=O) groups excluding carboxylic acids is 1. The molecule has 0 aliphatic heterocycles. The number of aliphatic hydroxyl groups excluding tert-OH is 2. The lowest BCUT2D eigenvalue weighted by molar-refractivity contribution is -0.155. The van der Waals surface area contributed by atoms with Crippen molar-refractivity contribution in [3.05, 3.63) is 29.8 Å². The Labute approximate surface area is 167 Å². The zero-order valence-electron chi connectivity index (χ0n) is 17.2. The van der Waals surface area contributed by atoms with Gasteiger partial charge in [0.15, 0.2) is 0 Å². The van der Waals surface area contributed by atoms with E-state index in [4.69, 9.17) is 9.84 Å². The molecule has 1 amide bonds. The predicted molar refractivity (Wildman–Crippen MR) is 108 cm³/mol. The molecule has 0 saturated heterocycles. The smallest absolute Gasteiger partial charge is 0.252 e. The summed E-state index contributed by atoms with van der Waals surface area (Å²) in [4.78, 5) is 12.9. The second kappa shape index (κ2) is 10.2. The molecule has 4 N–H and O–H groups in total. The van der Waals surface area contributed by atoms with Crippen molar-refractivity contribution in [1.29, 1.82) is 0 Å². The summed E-state index contributed by atoms with van der Waals surface area (Å²) in [5, 5.41) is 32.5. The summed E-state index contributed by atoms with van der Waals surface area (Å²) in [7, 11) is 0. The molecule has 1 saturated carbocycles. The predicted octanol–water partition coefficient (Wildman–Crippen LogP) is 1.90. The maximum Gasteiger partial charge on any atom is 0.252 e. The van der Waals surface area contributed by atoms with Crippen LogP contribution in [0.4, 0.5) is 0 Å². The van der Waals surface area contributed by atoms with Gasteiger partial charge in [-0.05, 0) is 48.6 Å². The minimum atomic E-state index is -1.31. The molecule has 28 heavy (non-hydrogen) atoms. The van der Waals surface area contributed by atoms with E-state index in [1.807, 2.05) is 18.2 Å². The molecule has 1 fully saturated rings. The molecule has 2 rings (SSSR count). The Morgan fingerprint density at radius 3 is 2.71 bits per heavy atom. The average molecular weight is 394 g/mol. The molecule has 3 unspecified atom stereocenters. The monoisotopic (exact) mass is 393 g/mol. The third-order valence-electron chi connectivity index (χ3n) is 5.74. The summed E-state index contributed by atoms with van der Waals surface area (Å²) in [6, 6.07) is 7.42. The van der Waals surface area contributed by atoms with Crippen LogP contribution in [0.2, 0.25) is 0 Å². The molecule has 1 aliphatic carbocycles. The van der Waals surface area contributed by atoms with E-state index in [1.165, 1.54) is 0 Å². The van der Waals surface area contributed by atoms with E-state index >= 15 is 0 Å². The molecule has 1 aromatic carbocycles. The van der Waals surface area contributed by atoms with Crippen molar-refractivity contribution in [3.8, 4) is 5.75 Å². The van der Waals surface area contributed by atoms with E-state index in [9.17, 15) is 15.0 Å². The van der Waals surface area contributed by atoms with Gasteiger partial charge < -0.3 is 25.4 Å². The number of para-hydroxylation sites is 1. The number of carbonyl (C=O) groups is 1. The number of benzene rings is 1. The lowest BCUT2D eigenvalue weighted by Crippen LogP contribution is -2.56. The first-order valence-corrected chi connectivity index (χ1v) is 10.3. The Hall–Kier alpha value is -1.63. The highest BCUT2D eigenvalue weighted by Crippen LogP contribution is 2.41. The number of hydrogen-bond donors (Lipinski definition) is 4. The topological polar surface area (TPSA) is 99.0 Å². The molecule has 158 valence electrons. The van der Waals surface area contributed by atoms with Gasteiger partial charge in [0.2, 0.25) is 0 Å². The van der Waals surface area contributed by atoms with Gasteiger partial charge in [0.25, 0.3) is 5.91 Å². The van der Waals surface area contributed by atoms with E-state index in [-0.39, 0.29) is 31.0 Å². The largest absolute Gasteiger partial charge is 0.491 e. The fourth-order valence-corrected chi connectivity index (χ4v) is 4.19. The van der Waals surface area contributed by atoms with Crippen LogP contribution >= 0.6 is 0 Å². The molecule has 0 bridgehead atoms. The Kier molecular flexibility index (Phi) is 8.28. The molecule has 4 atom stereocenters. The SMILES string of the molecule is CC1CCC(C(C)C)C(O)(C(=O)NCCc2ccccc2OC[C@@H](O)CO)C1. The molecular formula is C22H35NO5. The Balaban J connectivity index is 1.96. The van der Waals surface area contributed by atoms with Crippen LogP contribution in [0.3, 0.4) is 0 Å². The van der Waals surface area contributed by atoms with Gasteiger partial charge in [-0.3, -0.25) is 4.79 Å². The van der Waals surface area contributed by atoms with Crippen molar-refractivity contribution in [3.63, 3.8) is 0 Å². The van der Waals surface area contributed by atoms with Crippen LogP contribution in [0.25, 0.3) is 0 Å². The summed E-state index contributed by atoms with van der Waals surface area (Å²) in [6.07, 6.45) is 2.04. The van der Waals surface area contributed by atoms with Crippen molar-refractivity contribution in [2.24, 2.45) is 17.8 Å². The molecule has 1 aromatic rings. The Bertz CT molecular complexity index is 635. The van der Waals surface area contributed by atoms with Gasteiger partial charge in [0.05, 0.1) is 6.61 Å². The molecule has 0 aromatic heterocycles. The van der Waals surface area contributed by atoms with Gasteiger partial charge in [0, 0.05) is 6.54 Å². The van der Waals surface area contributed by atoms with Crippen LogP contribution in [0.1, 0.15) is 45.6 Å². The summed E-state index contributed by atoms with van der Waals surface area (Å²) in [5.41, 5.74) is -0.412. The molecule has 1 aliphatic rings. The molecule has 6 nitrogen and oxygen atoms in total. The number of ether oxygens (including phenoxy) is 1. The van der Waals surface area contributed by atoms with Gasteiger partial charge in [-0.1, -0.05) is 45.4 Å². The number of rotatable bonds is 9. The quantitative estimate of drug-likeness (QED) is 0.514. The van der Waals surface area contributed by atoms with Crippen LogP contribution in [0.15, 0.2) is 24.3 Å². The molecule has 0 heterocycles. The van der Waals surface area contributed by atoms with E-state index in [2.05, 4.69) is 26.1 Å². The van der Waals surface area contributed by atoms with Crippen molar-refractivity contribution in [2.45, 2.75) is 58.2 Å². The molecule has 0 spiro atoms. The minimum absolute atomic E-state index is 0.00752. The van der Waals surface area contributed by atoms with Gasteiger partial charge in [-0.25, -0.2) is 0 Å². The van der Waals surface area contributed by atoms with E-state index in [1.54, 1.807) is 6.07 Å². The Morgan fingerprint density at radius 1 is 1.32 bits per heavy atom. The summed E-state index contributed by atoms with van der Waals surface area (Å²) >= 11 is 0. The highest BCUT2D eigenvalue weighted by Gasteiger charge is 2.48. The zero-order valence-corrected chi connectivity index (χ0v) is 17.2. The average Bonchev–Trinajstić information content (AvgIpc) is 2.66. The molecule has 0 radical (unpaired) electrons. The second-order valence-corrected chi connectivity index (χ2v) is 8.42. The first-order chi connectivity index (χ1) is 13.3. The maximum atomic E-state index is 12.9. The summed E-state index contributed by atoms with van der Waals surface area (Å²) in [6.45, 7) is 6.26. The third-order valence-corrected chi connectivity index (χ3v) is 5.74. The fourth-order valence-electron chi connectivity index (χ4n) is 4.19. The van der Waals surface area contributed by atoms with Crippen molar-refractivity contribution < 1.29 is 24.9 Å². The maximum absolute atomic E-state index is 12.9. The van der Waals surface area contributed by atoms with Crippen LogP contribution in [0, 0.1) is 17.8 Å². The number of aliphatic hydroxyl groups is 3. The Morgan fingerprint density at radius 2 is 2.04 bits per heavy atom. The molecule has 6 heteroatoms. The third kappa shape index (κ3) is 5.69. The fraction of sp³-hybridized carbons (Fsp3) is 0.682. The molecular weight excluding hydrogens is 358 g/mol. The first kappa shape index (κ1) is 22.7. The normalized spacial score (nSPS) is 26.1.